The summed E-state index contributed by atoms with van der Waals surface area (Å²) in [6, 6.07) is 0. The van der Waals surface area contributed by atoms with E-state index in [-0.39, 0.29) is 10.9 Å². The van der Waals surface area contributed by atoms with Crippen LogP contribution in [0.25, 0.3) is 0 Å². The molecule has 0 aliphatic carbocycles. The molecule has 0 saturated heterocycles. The van der Waals surface area contributed by atoms with Gasteiger partial charge in [0.2, 0.25) is 0 Å². The zero-order valence-electron chi connectivity index (χ0n) is 12.1. The molecule has 1 aromatic heterocycles. The summed E-state index contributed by atoms with van der Waals surface area (Å²) >= 11 is 0. The van der Waals surface area contributed by atoms with Crippen LogP contribution in [-0.2, 0) is 16.6 Å². The Balaban J connectivity index is 3.09. The number of sulfonamides is 1. The van der Waals surface area contributed by atoms with Gasteiger partial charge in [-0.25, -0.2) is 13.4 Å². The first-order valence-corrected chi connectivity index (χ1v) is 7.68. The van der Waals surface area contributed by atoms with E-state index in [0.29, 0.717) is 12.4 Å². The Morgan fingerprint density at radius 3 is 2.70 bits per heavy atom. The van der Waals surface area contributed by atoms with Crippen molar-refractivity contribution in [1.82, 2.24) is 14.3 Å². The molecule has 9 heteroatoms. The Hall–Kier alpha value is -1.61. The molecule has 0 aliphatic rings. The lowest BCUT2D eigenvalue weighted by Crippen LogP contribution is -2.53. The summed E-state index contributed by atoms with van der Waals surface area (Å²) < 4.78 is 28.6. The second-order valence-corrected chi connectivity index (χ2v) is 6.66. The molecule has 8 nitrogen and oxygen atoms in total. The number of oxime groups is 1. The molecule has 0 radical (unpaired) electrons. The molecular formula is C11H21N5O3S. The minimum absolute atomic E-state index is 0.0812. The third-order valence-electron chi connectivity index (χ3n) is 2.83. The number of nitrogens with two attached hydrogens (primary N) is 1. The number of nitrogens with zero attached hydrogens (tertiary/aromatic N) is 3. The van der Waals surface area contributed by atoms with Crippen LogP contribution in [0.1, 0.15) is 33.0 Å². The maximum Gasteiger partial charge on any atom is 0.260 e. The number of rotatable bonds is 6. The molecule has 0 atom stereocenters. The number of nitrogens with one attached hydrogen (secondary N) is 1. The predicted molar refractivity (Wildman–Crippen MR) is 75.1 cm³/mol. The zero-order valence-corrected chi connectivity index (χ0v) is 12.9. The van der Waals surface area contributed by atoms with Gasteiger partial charge in [0.25, 0.3) is 10.0 Å². The van der Waals surface area contributed by atoms with Crippen molar-refractivity contribution in [1.29, 1.82) is 0 Å². The Morgan fingerprint density at radius 2 is 2.20 bits per heavy atom. The summed E-state index contributed by atoms with van der Waals surface area (Å²) in [4.78, 5) is 4.04. The van der Waals surface area contributed by atoms with Gasteiger partial charge in [0.05, 0.1) is 5.54 Å². The SMILES string of the molecule is CCCn1cc(S(=O)(=O)NC(C)(C)C(N)=NO)nc1C. The number of hydrogen-bond donors (Lipinski definition) is 3. The van der Waals surface area contributed by atoms with Gasteiger partial charge < -0.3 is 15.5 Å². The molecule has 0 amide bonds. The molecular weight excluding hydrogens is 282 g/mol. The highest BCUT2D eigenvalue weighted by Gasteiger charge is 2.31. The highest BCUT2D eigenvalue weighted by Crippen LogP contribution is 2.13. The van der Waals surface area contributed by atoms with E-state index in [4.69, 9.17) is 10.9 Å². The number of aryl methyl sites for hydroxylation is 2. The number of hydrogen-bond acceptors (Lipinski definition) is 5. The fourth-order valence-corrected chi connectivity index (χ4v) is 3.04. The van der Waals surface area contributed by atoms with Gasteiger partial charge in [-0.15, -0.1) is 0 Å². The highest BCUT2D eigenvalue weighted by molar-refractivity contribution is 7.89. The van der Waals surface area contributed by atoms with Crippen molar-refractivity contribution in [2.24, 2.45) is 10.9 Å². The molecule has 4 N–H and O–H groups in total. The van der Waals surface area contributed by atoms with Gasteiger partial charge in [-0.05, 0) is 27.2 Å². The average molecular weight is 303 g/mol. The van der Waals surface area contributed by atoms with Gasteiger partial charge in [-0.3, -0.25) is 0 Å². The van der Waals surface area contributed by atoms with Crippen molar-refractivity contribution in [2.45, 2.75) is 51.2 Å². The molecule has 0 spiro atoms. The van der Waals surface area contributed by atoms with Crippen LogP contribution in [0.5, 0.6) is 0 Å². The third-order valence-corrected chi connectivity index (χ3v) is 4.36. The molecule has 0 fully saturated rings. The average Bonchev–Trinajstić information content (AvgIpc) is 2.70. The summed E-state index contributed by atoms with van der Waals surface area (Å²) in [5.74, 6) is 0.389. The van der Waals surface area contributed by atoms with E-state index in [1.807, 2.05) is 6.92 Å². The second-order valence-electron chi connectivity index (χ2n) is 5.04. The molecule has 1 heterocycles. The van der Waals surface area contributed by atoms with Crippen LogP contribution < -0.4 is 10.5 Å². The zero-order chi connectivity index (χ0) is 15.6. The van der Waals surface area contributed by atoms with Gasteiger partial charge in [-0.2, -0.15) is 4.72 Å². The Morgan fingerprint density at radius 1 is 1.60 bits per heavy atom. The molecule has 0 saturated carbocycles. The van der Waals surface area contributed by atoms with E-state index in [1.54, 1.807) is 11.5 Å². The van der Waals surface area contributed by atoms with Crippen LogP contribution in [0, 0.1) is 6.92 Å². The van der Waals surface area contributed by atoms with E-state index in [9.17, 15) is 8.42 Å². The lowest BCUT2D eigenvalue weighted by Gasteiger charge is -2.23. The molecule has 1 aromatic rings. The Bertz CT molecular complexity index is 604. The van der Waals surface area contributed by atoms with E-state index >= 15 is 0 Å². The highest BCUT2D eigenvalue weighted by atomic mass is 32.2. The minimum atomic E-state index is -3.85. The molecule has 0 aromatic carbocycles. The first kappa shape index (κ1) is 16.4. The van der Waals surface area contributed by atoms with Crippen LogP contribution in [0.4, 0.5) is 0 Å². The van der Waals surface area contributed by atoms with Crippen molar-refractivity contribution in [3.63, 3.8) is 0 Å². The molecule has 20 heavy (non-hydrogen) atoms. The van der Waals surface area contributed by atoms with E-state index in [0.717, 1.165) is 6.42 Å². The summed E-state index contributed by atoms with van der Waals surface area (Å²) in [5.41, 5.74) is 4.25. The monoisotopic (exact) mass is 303 g/mol. The quantitative estimate of drug-likeness (QED) is 0.304. The van der Waals surface area contributed by atoms with E-state index in [2.05, 4.69) is 14.9 Å². The van der Waals surface area contributed by atoms with Gasteiger partial charge >= 0.3 is 0 Å². The van der Waals surface area contributed by atoms with Crippen LogP contribution in [0.15, 0.2) is 16.4 Å². The summed E-state index contributed by atoms with van der Waals surface area (Å²) in [6.45, 7) is 7.42. The second kappa shape index (κ2) is 5.80. The predicted octanol–water partition coefficient (Wildman–Crippen LogP) is 0.405. The summed E-state index contributed by atoms with van der Waals surface area (Å²) in [7, 11) is -3.85. The maximum absolute atomic E-state index is 12.3. The van der Waals surface area contributed by atoms with Gasteiger partial charge in [-0.1, -0.05) is 12.1 Å². The lowest BCUT2D eigenvalue weighted by molar-refractivity contribution is 0.312. The van der Waals surface area contributed by atoms with Crippen molar-refractivity contribution in [2.75, 3.05) is 0 Å². The number of imidazole rings is 1. The Kier molecular flexibility index (Phi) is 4.77. The number of amidine groups is 1. The van der Waals surface area contributed by atoms with Gasteiger partial charge in [0.1, 0.15) is 5.82 Å². The topological polar surface area (TPSA) is 123 Å². The largest absolute Gasteiger partial charge is 0.409 e. The van der Waals surface area contributed by atoms with Crippen molar-refractivity contribution >= 4 is 15.9 Å². The van der Waals surface area contributed by atoms with Crippen molar-refractivity contribution < 1.29 is 13.6 Å². The van der Waals surface area contributed by atoms with Crippen LogP contribution in [0.2, 0.25) is 0 Å². The molecule has 114 valence electrons. The maximum atomic E-state index is 12.3. The molecule has 0 bridgehead atoms. The first-order chi connectivity index (χ1) is 9.14. The number of aromatic nitrogens is 2. The van der Waals surface area contributed by atoms with Crippen LogP contribution in [-0.4, -0.2) is 34.6 Å². The minimum Gasteiger partial charge on any atom is -0.409 e. The lowest BCUT2D eigenvalue weighted by atomic mass is 10.1. The first-order valence-electron chi connectivity index (χ1n) is 6.19. The smallest absolute Gasteiger partial charge is 0.260 e. The molecule has 0 aliphatic heterocycles. The molecule has 1 rings (SSSR count). The van der Waals surface area contributed by atoms with Gasteiger partial charge in [0, 0.05) is 12.7 Å². The van der Waals surface area contributed by atoms with E-state index < -0.39 is 15.6 Å². The fourth-order valence-electron chi connectivity index (χ4n) is 1.64. The molecule has 0 unspecified atom stereocenters. The van der Waals surface area contributed by atoms with Gasteiger partial charge in [0.15, 0.2) is 10.9 Å². The van der Waals surface area contributed by atoms with Crippen LogP contribution in [0.3, 0.4) is 0 Å². The van der Waals surface area contributed by atoms with Crippen molar-refractivity contribution in [3.05, 3.63) is 12.0 Å². The summed E-state index contributed by atoms with van der Waals surface area (Å²) in [5, 5.41) is 11.4. The fraction of sp³-hybridized carbons (Fsp3) is 0.636. The van der Waals surface area contributed by atoms with E-state index in [1.165, 1.54) is 20.0 Å². The van der Waals surface area contributed by atoms with Crippen molar-refractivity contribution in [3.8, 4) is 0 Å². The normalized spacial score (nSPS) is 13.7. The standard InChI is InChI=1S/C11H21N5O3S/c1-5-6-16-7-9(13-8(16)2)20(18,19)15-11(3,4)10(12)14-17/h7,15,17H,5-6H2,1-4H3,(H2,12,14). The third kappa shape index (κ3) is 3.48. The van der Waals surface area contributed by atoms with Crippen LogP contribution >= 0.6 is 0 Å². The summed E-state index contributed by atoms with van der Waals surface area (Å²) in [6.07, 6.45) is 2.35. The Labute approximate surface area is 118 Å².